The summed E-state index contributed by atoms with van der Waals surface area (Å²) in [5, 5.41) is 6.30. The molecule has 2 fully saturated rings. The van der Waals surface area contributed by atoms with Gasteiger partial charge in [0, 0.05) is 51.0 Å². The van der Waals surface area contributed by atoms with E-state index in [-0.39, 0.29) is 55.2 Å². The molecule has 0 bridgehead atoms. The lowest BCUT2D eigenvalue weighted by Crippen LogP contribution is -2.55. The maximum atomic E-state index is 12.2. The molecule has 2 atom stereocenters. The molecule has 3 rings (SSSR count). The predicted molar refractivity (Wildman–Crippen MR) is 117 cm³/mol. The minimum Gasteiger partial charge on any atom is -0.378 e. The molecule has 0 aromatic heterocycles. The fourth-order valence-corrected chi connectivity index (χ4v) is 3.34. The molecule has 2 N–H and O–H groups in total. The van der Waals surface area contributed by atoms with Crippen LogP contribution in [-0.2, 0) is 9.53 Å². The van der Waals surface area contributed by atoms with Crippen LogP contribution < -0.4 is 15.5 Å². The fourth-order valence-electron chi connectivity index (χ4n) is 3.34. The van der Waals surface area contributed by atoms with E-state index in [1.807, 2.05) is 0 Å². The van der Waals surface area contributed by atoms with Crippen LogP contribution in [0.5, 0.6) is 0 Å². The maximum Gasteiger partial charge on any atom is 0.239 e. The van der Waals surface area contributed by atoms with Crippen LogP contribution in [0.4, 0.5) is 5.69 Å². The second-order valence-electron chi connectivity index (χ2n) is 6.61. The van der Waals surface area contributed by atoms with Gasteiger partial charge in [0.2, 0.25) is 5.91 Å². The van der Waals surface area contributed by atoms with E-state index < -0.39 is 0 Å². The topological polar surface area (TPSA) is 56.8 Å². The van der Waals surface area contributed by atoms with Crippen LogP contribution in [0, 0.1) is 0 Å². The summed E-state index contributed by atoms with van der Waals surface area (Å²) >= 11 is 0. The standard InChI is InChI=1S/C18H28N4O2.3ClH/c1-15(20-18(23)17-14-24-12-7-19-17)13-21-8-10-22(11-9-21)16-5-3-2-4-6-16;;;/h2-6,15,17,19H,7-14H2,1H3,(H,20,23);3*1H. The largest absolute Gasteiger partial charge is 0.378 e. The van der Waals surface area contributed by atoms with Gasteiger partial charge >= 0.3 is 0 Å². The van der Waals surface area contributed by atoms with Crippen LogP contribution >= 0.6 is 37.2 Å². The number of para-hydroxylation sites is 1. The molecule has 2 heterocycles. The Balaban J connectivity index is 0.00000225. The number of rotatable bonds is 5. The van der Waals surface area contributed by atoms with Crippen molar-refractivity contribution in [3.8, 4) is 0 Å². The molecule has 1 amide bonds. The summed E-state index contributed by atoms with van der Waals surface area (Å²) in [5.41, 5.74) is 1.29. The number of morpholine rings is 1. The van der Waals surface area contributed by atoms with Gasteiger partial charge in [0.15, 0.2) is 0 Å². The number of hydrogen-bond acceptors (Lipinski definition) is 5. The highest BCUT2D eigenvalue weighted by atomic mass is 35.5. The number of benzene rings is 1. The number of hydrogen-bond donors (Lipinski definition) is 2. The number of carbonyl (C=O) groups is 1. The summed E-state index contributed by atoms with van der Waals surface area (Å²) in [6.07, 6.45) is 0. The number of anilines is 1. The highest BCUT2D eigenvalue weighted by Gasteiger charge is 2.24. The number of nitrogens with one attached hydrogen (secondary N) is 2. The summed E-state index contributed by atoms with van der Waals surface area (Å²) in [4.78, 5) is 17.1. The molecule has 0 aliphatic carbocycles. The van der Waals surface area contributed by atoms with Crippen molar-refractivity contribution in [1.82, 2.24) is 15.5 Å². The van der Waals surface area contributed by atoms with E-state index in [9.17, 15) is 4.79 Å². The Bertz CT molecular complexity index is 525. The van der Waals surface area contributed by atoms with Crippen LogP contribution in [0.15, 0.2) is 30.3 Å². The molecule has 1 aromatic rings. The van der Waals surface area contributed by atoms with Gasteiger partial charge in [0.1, 0.15) is 6.04 Å². The molecule has 9 heteroatoms. The fraction of sp³-hybridized carbons (Fsp3) is 0.611. The second-order valence-corrected chi connectivity index (χ2v) is 6.61. The summed E-state index contributed by atoms with van der Waals surface area (Å²) in [7, 11) is 0. The zero-order chi connectivity index (χ0) is 16.8. The third-order valence-corrected chi connectivity index (χ3v) is 4.65. The van der Waals surface area contributed by atoms with Crippen LogP contribution in [-0.4, -0.2) is 75.4 Å². The average molecular weight is 442 g/mol. The number of carbonyl (C=O) groups excluding carboxylic acids is 1. The van der Waals surface area contributed by atoms with Crippen LogP contribution in [0.2, 0.25) is 0 Å². The molecule has 2 saturated heterocycles. The van der Waals surface area contributed by atoms with Gasteiger partial charge in [-0.25, -0.2) is 0 Å². The van der Waals surface area contributed by atoms with E-state index in [0.717, 1.165) is 39.3 Å². The van der Waals surface area contributed by atoms with Crippen molar-refractivity contribution >= 4 is 48.8 Å². The molecule has 0 spiro atoms. The predicted octanol–water partition coefficient (Wildman–Crippen LogP) is 1.57. The first kappa shape index (κ1) is 26.2. The number of ether oxygens (including phenoxy) is 1. The summed E-state index contributed by atoms with van der Waals surface area (Å²) in [6.45, 7) is 8.98. The first-order valence-corrected chi connectivity index (χ1v) is 8.86. The zero-order valence-corrected chi connectivity index (χ0v) is 18.1. The Morgan fingerprint density at radius 3 is 2.44 bits per heavy atom. The van der Waals surface area contributed by atoms with Crippen molar-refractivity contribution in [3.05, 3.63) is 30.3 Å². The Labute approximate surface area is 180 Å². The number of halogens is 3. The molecule has 0 radical (unpaired) electrons. The van der Waals surface area contributed by atoms with Crippen molar-refractivity contribution < 1.29 is 9.53 Å². The number of amides is 1. The van der Waals surface area contributed by atoms with Crippen molar-refractivity contribution in [2.45, 2.75) is 19.0 Å². The van der Waals surface area contributed by atoms with Gasteiger partial charge < -0.3 is 20.3 Å². The minimum absolute atomic E-state index is 0. The molecule has 2 aliphatic rings. The Morgan fingerprint density at radius 2 is 1.85 bits per heavy atom. The molecular formula is C18H31Cl3N4O2. The highest BCUT2D eigenvalue weighted by molar-refractivity contribution is 5.86. The van der Waals surface area contributed by atoms with E-state index in [2.05, 4.69) is 57.7 Å². The van der Waals surface area contributed by atoms with Gasteiger partial charge in [-0.3, -0.25) is 9.69 Å². The van der Waals surface area contributed by atoms with Crippen molar-refractivity contribution in [3.63, 3.8) is 0 Å². The van der Waals surface area contributed by atoms with E-state index >= 15 is 0 Å². The Morgan fingerprint density at radius 1 is 1.19 bits per heavy atom. The number of piperazine rings is 1. The molecule has 2 aliphatic heterocycles. The molecule has 6 nitrogen and oxygen atoms in total. The van der Waals surface area contributed by atoms with Gasteiger partial charge in [-0.15, -0.1) is 37.2 Å². The van der Waals surface area contributed by atoms with E-state index in [4.69, 9.17) is 4.74 Å². The molecule has 2 unspecified atom stereocenters. The monoisotopic (exact) mass is 440 g/mol. The summed E-state index contributed by atoms with van der Waals surface area (Å²) < 4.78 is 5.35. The Hall–Kier alpha value is -0.760. The van der Waals surface area contributed by atoms with Crippen LogP contribution in [0.3, 0.4) is 0 Å². The lowest BCUT2D eigenvalue weighted by Gasteiger charge is -2.37. The second kappa shape index (κ2) is 13.4. The summed E-state index contributed by atoms with van der Waals surface area (Å²) in [6, 6.07) is 10.5. The third-order valence-electron chi connectivity index (χ3n) is 4.65. The minimum atomic E-state index is -0.212. The molecule has 1 aromatic carbocycles. The van der Waals surface area contributed by atoms with Crippen molar-refractivity contribution in [2.75, 3.05) is 57.4 Å². The van der Waals surface area contributed by atoms with Gasteiger partial charge in [0.25, 0.3) is 0 Å². The van der Waals surface area contributed by atoms with E-state index in [1.165, 1.54) is 5.69 Å². The molecular weight excluding hydrogens is 411 g/mol. The van der Waals surface area contributed by atoms with Crippen LogP contribution in [0.1, 0.15) is 6.92 Å². The quantitative estimate of drug-likeness (QED) is 0.726. The zero-order valence-electron chi connectivity index (χ0n) is 15.6. The highest BCUT2D eigenvalue weighted by Crippen LogP contribution is 2.15. The van der Waals surface area contributed by atoms with E-state index in [1.54, 1.807) is 0 Å². The lowest BCUT2D eigenvalue weighted by atomic mass is 10.2. The van der Waals surface area contributed by atoms with Gasteiger partial charge in [-0.2, -0.15) is 0 Å². The maximum absolute atomic E-state index is 12.2. The van der Waals surface area contributed by atoms with E-state index in [0.29, 0.717) is 13.2 Å². The van der Waals surface area contributed by atoms with Crippen molar-refractivity contribution in [2.24, 2.45) is 0 Å². The van der Waals surface area contributed by atoms with Gasteiger partial charge in [0.05, 0.1) is 13.2 Å². The average Bonchev–Trinajstić information content (AvgIpc) is 2.64. The third kappa shape index (κ3) is 8.02. The Kier molecular flexibility index (Phi) is 13.0. The number of nitrogens with zero attached hydrogens (tertiary/aromatic N) is 2. The normalized spacial score (nSPS) is 21.1. The smallest absolute Gasteiger partial charge is 0.239 e. The van der Waals surface area contributed by atoms with Gasteiger partial charge in [-0.05, 0) is 19.1 Å². The molecule has 27 heavy (non-hydrogen) atoms. The summed E-state index contributed by atoms with van der Waals surface area (Å²) in [5.74, 6) is 0.0464. The van der Waals surface area contributed by atoms with Crippen LogP contribution in [0.25, 0.3) is 0 Å². The first-order valence-electron chi connectivity index (χ1n) is 8.86. The lowest BCUT2D eigenvalue weighted by molar-refractivity contribution is -0.126. The van der Waals surface area contributed by atoms with Gasteiger partial charge in [-0.1, -0.05) is 18.2 Å². The SMILES string of the molecule is CC(CN1CCN(c2ccccc2)CC1)NC(=O)C1COCCN1.Cl.Cl.Cl. The molecule has 0 saturated carbocycles. The van der Waals surface area contributed by atoms with Crippen molar-refractivity contribution in [1.29, 1.82) is 0 Å². The first-order chi connectivity index (χ1) is 11.7. The molecule has 156 valence electrons.